The lowest BCUT2D eigenvalue weighted by Gasteiger charge is -2.49. The molecule has 43 heavy (non-hydrogen) atoms. The predicted molar refractivity (Wildman–Crippen MR) is 161 cm³/mol. The zero-order valence-corrected chi connectivity index (χ0v) is 24.1. The molecule has 1 fully saturated rings. The van der Waals surface area contributed by atoms with Gasteiger partial charge in [0.25, 0.3) is 5.91 Å². The molecule has 0 spiro atoms. The van der Waals surface area contributed by atoms with Crippen LogP contribution in [0.25, 0.3) is 0 Å². The number of allylic oxidation sites excluding steroid dienone is 2. The summed E-state index contributed by atoms with van der Waals surface area (Å²) in [5, 5.41) is 2.35. The van der Waals surface area contributed by atoms with Gasteiger partial charge in [-0.1, -0.05) is 91.0 Å². The van der Waals surface area contributed by atoms with Crippen LogP contribution in [-0.4, -0.2) is 45.8 Å². The van der Waals surface area contributed by atoms with Crippen molar-refractivity contribution in [3.8, 4) is 0 Å². The highest BCUT2D eigenvalue weighted by Gasteiger charge is 2.54. The van der Waals surface area contributed by atoms with Crippen molar-refractivity contribution in [1.29, 1.82) is 0 Å². The molecular weight excluding hydrogens is 564 g/mol. The molecule has 2 amide bonds. The minimum absolute atomic E-state index is 0.0701. The number of rotatable bonds is 8. The molecule has 3 aromatic rings. The molecule has 1 N–H and O–H groups in total. The number of β-lactam (4-membered cyclic amide) rings is 1. The van der Waals surface area contributed by atoms with Crippen LogP contribution in [0.4, 0.5) is 0 Å². The SMILES string of the molecule is CC1=C/C(=C\C2=C(C(=O)OC(c3ccccc3)c3ccccc3)N3C(=O)[C@@H](NC(=O)Cc4ccccc4)[C@@H]3SC2)OC1=O. The molecule has 8 nitrogen and oxygen atoms in total. The quantitative estimate of drug-likeness (QED) is 0.301. The van der Waals surface area contributed by atoms with Gasteiger partial charge in [-0.3, -0.25) is 14.5 Å². The largest absolute Gasteiger partial charge is 0.448 e. The number of cyclic esters (lactones) is 1. The monoisotopic (exact) mass is 592 g/mol. The van der Waals surface area contributed by atoms with Crippen molar-refractivity contribution in [2.75, 3.05) is 5.75 Å². The molecule has 1 saturated heterocycles. The number of nitrogens with zero attached hydrogens (tertiary/aromatic N) is 1. The summed E-state index contributed by atoms with van der Waals surface area (Å²) in [5.41, 5.74) is 3.37. The normalized spacial score (nSPS) is 20.4. The second-order valence-electron chi connectivity index (χ2n) is 10.4. The van der Waals surface area contributed by atoms with Gasteiger partial charge >= 0.3 is 11.9 Å². The van der Waals surface area contributed by atoms with Crippen molar-refractivity contribution in [3.05, 3.63) is 142 Å². The van der Waals surface area contributed by atoms with Gasteiger partial charge in [0.15, 0.2) is 6.10 Å². The molecular formula is C34H28N2O6S. The molecule has 9 heteroatoms. The Bertz CT molecular complexity index is 1630. The highest BCUT2D eigenvalue weighted by atomic mass is 32.2. The lowest BCUT2D eigenvalue weighted by Crippen LogP contribution is -2.70. The van der Waals surface area contributed by atoms with Crippen LogP contribution in [-0.2, 0) is 35.1 Å². The van der Waals surface area contributed by atoms with Crippen LogP contribution in [0.1, 0.15) is 29.7 Å². The standard InChI is InChI=1S/C34H28N2O6S/c1-21-17-26(41-33(21)39)19-25-20-43-32-28(35-27(37)18-22-11-5-2-6-12-22)31(38)36(32)29(25)34(40)42-30(23-13-7-3-8-14-23)24-15-9-4-10-16-24/h2-17,19,28,30,32H,18,20H2,1H3,(H,35,37)/b26-19+/t28-,32+/m1/s1. The van der Waals surface area contributed by atoms with Crippen molar-refractivity contribution in [1.82, 2.24) is 10.2 Å². The molecule has 3 aliphatic rings. The molecule has 0 aliphatic carbocycles. The third kappa shape index (κ3) is 5.89. The molecule has 0 bridgehead atoms. The topological polar surface area (TPSA) is 102 Å². The van der Waals surface area contributed by atoms with E-state index in [-0.39, 0.29) is 23.8 Å². The van der Waals surface area contributed by atoms with Crippen molar-refractivity contribution >= 4 is 35.5 Å². The molecule has 3 heterocycles. The number of carbonyl (C=O) groups excluding carboxylic acids is 4. The molecule has 0 radical (unpaired) electrons. The second kappa shape index (κ2) is 12.1. The summed E-state index contributed by atoms with van der Waals surface area (Å²) in [5.74, 6) is -1.23. The zero-order valence-electron chi connectivity index (χ0n) is 23.3. The first-order chi connectivity index (χ1) is 20.9. The van der Waals surface area contributed by atoms with Gasteiger partial charge in [0, 0.05) is 11.3 Å². The number of thioether (sulfide) groups is 1. The number of benzene rings is 3. The minimum Gasteiger partial charge on any atom is -0.448 e. The predicted octanol–water partition coefficient (Wildman–Crippen LogP) is 4.60. The summed E-state index contributed by atoms with van der Waals surface area (Å²) in [6, 6.07) is 27.2. The highest BCUT2D eigenvalue weighted by molar-refractivity contribution is 8.00. The van der Waals surface area contributed by atoms with Gasteiger partial charge in [0.1, 0.15) is 22.9 Å². The first-order valence-electron chi connectivity index (χ1n) is 13.8. The summed E-state index contributed by atoms with van der Waals surface area (Å²) in [6.45, 7) is 1.64. The summed E-state index contributed by atoms with van der Waals surface area (Å²) < 4.78 is 11.5. The van der Waals surface area contributed by atoms with Gasteiger partial charge in [0.05, 0.1) is 6.42 Å². The van der Waals surface area contributed by atoms with Crippen LogP contribution >= 0.6 is 11.8 Å². The fourth-order valence-corrected chi connectivity index (χ4v) is 6.53. The van der Waals surface area contributed by atoms with E-state index in [0.29, 0.717) is 16.9 Å². The smallest absolute Gasteiger partial charge is 0.356 e. The van der Waals surface area contributed by atoms with Crippen LogP contribution in [0.3, 0.4) is 0 Å². The van der Waals surface area contributed by atoms with Gasteiger partial charge in [-0.25, -0.2) is 9.59 Å². The number of hydrogen-bond donors (Lipinski definition) is 1. The van der Waals surface area contributed by atoms with E-state index in [1.54, 1.807) is 19.1 Å². The number of ether oxygens (including phenoxy) is 2. The Kier molecular flexibility index (Phi) is 7.98. The lowest BCUT2D eigenvalue weighted by molar-refractivity contribution is -0.154. The number of hydrogen-bond acceptors (Lipinski definition) is 7. The molecule has 0 aromatic heterocycles. The Morgan fingerprint density at radius 3 is 2.16 bits per heavy atom. The van der Waals surface area contributed by atoms with Crippen molar-refractivity contribution in [3.63, 3.8) is 0 Å². The van der Waals surface area contributed by atoms with E-state index in [2.05, 4.69) is 5.32 Å². The maximum absolute atomic E-state index is 14.1. The Morgan fingerprint density at radius 2 is 1.58 bits per heavy atom. The average Bonchev–Trinajstić information content (AvgIpc) is 3.35. The van der Waals surface area contributed by atoms with Crippen LogP contribution in [0.15, 0.2) is 126 Å². The van der Waals surface area contributed by atoms with Gasteiger partial charge in [-0.05, 0) is 41.3 Å². The summed E-state index contributed by atoms with van der Waals surface area (Å²) in [6.07, 6.45) is 2.60. The van der Waals surface area contributed by atoms with Crippen molar-refractivity contribution in [2.45, 2.75) is 30.9 Å². The Morgan fingerprint density at radius 1 is 0.977 bits per heavy atom. The van der Waals surface area contributed by atoms with Gasteiger partial charge in [0.2, 0.25) is 5.91 Å². The van der Waals surface area contributed by atoms with Crippen LogP contribution < -0.4 is 5.32 Å². The molecule has 0 unspecified atom stereocenters. The molecule has 216 valence electrons. The third-order valence-corrected chi connectivity index (χ3v) is 8.65. The van der Waals surface area contributed by atoms with E-state index in [1.165, 1.54) is 16.7 Å². The second-order valence-corrected chi connectivity index (χ2v) is 11.5. The van der Waals surface area contributed by atoms with Crippen LogP contribution in [0.5, 0.6) is 0 Å². The fraction of sp³-hybridized carbons (Fsp3) is 0.176. The Labute approximate surface area is 253 Å². The van der Waals surface area contributed by atoms with Gasteiger partial charge < -0.3 is 14.8 Å². The number of amides is 2. The first kappa shape index (κ1) is 28.2. The Hall–Kier alpha value is -4.89. The summed E-state index contributed by atoms with van der Waals surface area (Å²) >= 11 is 1.42. The van der Waals surface area contributed by atoms with Crippen LogP contribution in [0.2, 0.25) is 0 Å². The molecule has 6 rings (SSSR count). The first-order valence-corrected chi connectivity index (χ1v) is 14.9. The van der Waals surface area contributed by atoms with E-state index >= 15 is 0 Å². The average molecular weight is 593 g/mol. The fourth-order valence-electron chi connectivity index (χ4n) is 5.23. The molecule has 2 atom stereocenters. The zero-order chi connectivity index (χ0) is 29.9. The molecule has 3 aromatic carbocycles. The maximum Gasteiger partial charge on any atom is 0.356 e. The van der Waals surface area contributed by atoms with E-state index in [0.717, 1.165) is 16.7 Å². The van der Waals surface area contributed by atoms with E-state index in [9.17, 15) is 19.2 Å². The van der Waals surface area contributed by atoms with Gasteiger partial charge in [-0.15, -0.1) is 11.8 Å². The number of nitrogens with one attached hydrogen (secondary N) is 1. The molecule has 3 aliphatic heterocycles. The van der Waals surface area contributed by atoms with Gasteiger partial charge in [-0.2, -0.15) is 0 Å². The van der Waals surface area contributed by atoms with E-state index in [4.69, 9.17) is 9.47 Å². The number of carbonyl (C=O) groups is 4. The summed E-state index contributed by atoms with van der Waals surface area (Å²) in [4.78, 5) is 53.8. The lowest BCUT2D eigenvalue weighted by atomic mass is 10.00. The highest BCUT2D eigenvalue weighted by Crippen LogP contribution is 2.42. The minimum atomic E-state index is -0.788. The van der Waals surface area contributed by atoms with E-state index < -0.39 is 35.4 Å². The van der Waals surface area contributed by atoms with Crippen LogP contribution in [0, 0.1) is 0 Å². The number of esters is 2. The molecule has 0 saturated carbocycles. The van der Waals surface area contributed by atoms with Crippen molar-refractivity contribution in [2.24, 2.45) is 0 Å². The van der Waals surface area contributed by atoms with E-state index in [1.807, 2.05) is 91.0 Å². The summed E-state index contributed by atoms with van der Waals surface area (Å²) in [7, 11) is 0. The Balaban J connectivity index is 1.30. The number of fused-ring (bicyclic) bond motifs is 1. The maximum atomic E-state index is 14.1. The third-order valence-electron chi connectivity index (χ3n) is 7.35. The van der Waals surface area contributed by atoms with Crippen molar-refractivity contribution < 1.29 is 28.7 Å².